The lowest BCUT2D eigenvalue weighted by molar-refractivity contribution is 0.271. The number of benzene rings is 1. The van der Waals surface area contributed by atoms with Crippen LogP contribution in [0, 0.1) is 0 Å². The van der Waals surface area contributed by atoms with Gasteiger partial charge in [-0.2, -0.15) is 0 Å². The Labute approximate surface area is 153 Å². The van der Waals surface area contributed by atoms with Gasteiger partial charge in [0.05, 0.1) is 16.8 Å². The minimum absolute atomic E-state index is 0.113. The maximum absolute atomic E-state index is 12.4. The number of likely N-dealkylation sites (N-methyl/N-ethyl adjacent to an activating group) is 1. The first kappa shape index (κ1) is 18.0. The van der Waals surface area contributed by atoms with Crippen LogP contribution in [-0.4, -0.2) is 51.0 Å². The Morgan fingerprint density at radius 1 is 1.16 bits per heavy atom. The fourth-order valence-electron chi connectivity index (χ4n) is 2.79. The van der Waals surface area contributed by atoms with E-state index in [4.69, 9.17) is 11.6 Å². The zero-order valence-electron chi connectivity index (χ0n) is 14.0. The molecule has 1 aliphatic heterocycles. The highest BCUT2D eigenvalue weighted by Gasteiger charge is 2.18. The molecule has 0 saturated carbocycles. The van der Waals surface area contributed by atoms with Crippen molar-refractivity contribution < 1.29 is 8.42 Å². The minimum Gasteiger partial charge on any atom is -0.368 e. The second-order valence-electron chi connectivity index (χ2n) is 5.89. The summed E-state index contributed by atoms with van der Waals surface area (Å²) in [5.41, 5.74) is 1.00. The molecule has 0 unspecified atom stereocenters. The Bertz CT molecular complexity index is 819. The number of hydrogen-bond acceptors (Lipinski definition) is 5. The molecule has 25 heavy (non-hydrogen) atoms. The van der Waals surface area contributed by atoms with Gasteiger partial charge in [0, 0.05) is 31.2 Å². The highest BCUT2D eigenvalue weighted by atomic mass is 35.5. The van der Waals surface area contributed by atoms with Crippen LogP contribution in [0.4, 0.5) is 11.5 Å². The lowest BCUT2D eigenvalue weighted by Crippen LogP contribution is -2.46. The summed E-state index contributed by atoms with van der Waals surface area (Å²) in [7, 11) is -3.70. The molecule has 1 N–H and O–H groups in total. The number of aromatic nitrogens is 1. The average Bonchev–Trinajstić information content (AvgIpc) is 2.62. The zero-order chi connectivity index (χ0) is 17.9. The number of anilines is 2. The number of hydrogen-bond donors (Lipinski definition) is 1. The first-order valence-electron chi connectivity index (χ1n) is 8.19. The van der Waals surface area contributed by atoms with E-state index in [2.05, 4.69) is 26.4 Å². The Hall–Kier alpha value is -1.83. The second-order valence-corrected chi connectivity index (χ2v) is 8.00. The molecular weight excluding hydrogens is 360 g/mol. The average molecular weight is 381 g/mol. The first-order valence-corrected chi connectivity index (χ1v) is 10.1. The molecule has 2 aromatic rings. The Morgan fingerprint density at radius 3 is 2.52 bits per heavy atom. The van der Waals surface area contributed by atoms with Crippen molar-refractivity contribution in [3.05, 3.63) is 47.6 Å². The van der Waals surface area contributed by atoms with Gasteiger partial charge in [0.2, 0.25) is 0 Å². The molecule has 8 heteroatoms. The van der Waals surface area contributed by atoms with E-state index in [1.807, 2.05) is 6.07 Å². The molecule has 0 aliphatic carbocycles. The summed E-state index contributed by atoms with van der Waals surface area (Å²) in [4.78, 5) is 9.02. The van der Waals surface area contributed by atoms with Crippen molar-refractivity contribution in [3.8, 4) is 0 Å². The second kappa shape index (κ2) is 7.59. The van der Waals surface area contributed by atoms with Gasteiger partial charge in [-0.05, 0) is 36.9 Å². The van der Waals surface area contributed by atoms with Gasteiger partial charge < -0.3 is 9.80 Å². The number of pyridine rings is 1. The zero-order valence-corrected chi connectivity index (χ0v) is 15.6. The Morgan fingerprint density at radius 2 is 1.92 bits per heavy atom. The summed E-state index contributed by atoms with van der Waals surface area (Å²) < 4.78 is 27.3. The van der Waals surface area contributed by atoms with Gasteiger partial charge in [-0.3, -0.25) is 4.72 Å². The summed E-state index contributed by atoms with van der Waals surface area (Å²) in [5.74, 6) is 0.288. The van der Waals surface area contributed by atoms with Crippen molar-refractivity contribution in [1.82, 2.24) is 9.88 Å². The summed E-state index contributed by atoms with van der Waals surface area (Å²) in [5, 5.41) is 0.373. The van der Waals surface area contributed by atoms with Gasteiger partial charge in [0.25, 0.3) is 10.0 Å². The monoisotopic (exact) mass is 380 g/mol. The van der Waals surface area contributed by atoms with Gasteiger partial charge in [0.1, 0.15) is 5.82 Å². The van der Waals surface area contributed by atoms with Crippen LogP contribution in [0.2, 0.25) is 5.02 Å². The van der Waals surface area contributed by atoms with Gasteiger partial charge >= 0.3 is 0 Å². The summed E-state index contributed by atoms with van der Waals surface area (Å²) in [6, 6.07) is 9.71. The predicted molar refractivity (Wildman–Crippen MR) is 101 cm³/mol. The number of nitrogens with one attached hydrogen (secondary N) is 1. The van der Waals surface area contributed by atoms with Crippen molar-refractivity contribution in [1.29, 1.82) is 0 Å². The molecule has 0 amide bonds. The number of halogens is 1. The summed E-state index contributed by atoms with van der Waals surface area (Å²) >= 11 is 5.86. The molecule has 0 atom stereocenters. The third kappa shape index (κ3) is 4.42. The summed E-state index contributed by atoms with van der Waals surface area (Å²) in [6.45, 7) is 7.18. The lowest BCUT2D eigenvalue weighted by Gasteiger charge is -2.35. The van der Waals surface area contributed by atoms with Crippen molar-refractivity contribution in [2.24, 2.45) is 0 Å². The molecule has 0 bridgehead atoms. The van der Waals surface area contributed by atoms with Gasteiger partial charge in [-0.1, -0.05) is 24.6 Å². The van der Waals surface area contributed by atoms with Crippen molar-refractivity contribution in [3.63, 3.8) is 0 Å². The highest BCUT2D eigenvalue weighted by molar-refractivity contribution is 7.92. The lowest BCUT2D eigenvalue weighted by atomic mass is 10.3. The van der Waals surface area contributed by atoms with E-state index in [9.17, 15) is 8.42 Å². The standard InChI is InChI=1S/C17H21ClN4O2S/c1-2-21-8-10-22(11-9-21)15-6-7-17(19-13-15)20-25(23,24)16-5-3-4-14(18)12-16/h3-7,12-13H,2,8-11H2,1H3,(H,19,20). The Kier molecular flexibility index (Phi) is 5.46. The fraction of sp³-hybridized carbons (Fsp3) is 0.353. The third-order valence-corrected chi connectivity index (χ3v) is 5.87. The quantitative estimate of drug-likeness (QED) is 0.863. The highest BCUT2D eigenvalue weighted by Crippen LogP contribution is 2.21. The van der Waals surface area contributed by atoms with E-state index in [-0.39, 0.29) is 10.7 Å². The van der Waals surface area contributed by atoms with E-state index in [1.165, 1.54) is 12.1 Å². The van der Waals surface area contributed by atoms with Crippen molar-refractivity contribution >= 4 is 33.1 Å². The van der Waals surface area contributed by atoms with Crippen LogP contribution >= 0.6 is 11.6 Å². The smallest absolute Gasteiger partial charge is 0.263 e. The SMILES string of the molecule is CCN1CCN(c2ccc(NS(=O)(=O)c3cccc(Cl)c3)nc2)CC1. The maximum Gasteiger partial charge on any atom is 0.263 e. The largest absolute Gasteiger partial charge is 0.368 e. The predicted octanol–water partition coefficient (Wildman–Crippen LogP) is 2.68. The molecular formula is C17H21ClN4O2S. The number of nitrogens with zero attached hydrogens (tertiary/aromatic N) is 3. The number of rotatable bonds is 5. The Balaban J connectivity index is 1.68. The van der Waals surface area contributed by atoms with Crippen LogP contribution in [0.25, 0.3) is 0 Å². The van der Waals surface area contributed by atoms with Crippen LogP contribution in [0.15, 0.2) is 47.5 Å². The number of sulfonamides is 1. The van der Waals surface area contributed by atoms with Crippen LogP contribution in [0.3, 0.4) is 0 Å². The van der Waals surface area contributed by atoms with Gasteiger partial charge in [-0.25, -0.2) is 13.4 Å². The molecule has 1 saturated heterocycles. The maximum atomic E-state index is 12.4. The van der Waals surface area contributed by atoms with Crippen LogP contribution < -0.4 is 9.62 Å². The molecule has 2 heterocycles. The molecule has 3 rings (SSSR count). The van der Waals surface area contributed by atoms with Crippen LogP contribution in [0.1, 0.15) is 6.92 Å². The molecule has 1 fully saturated rings. The van der Waals surface area contributed by atoms with E-state index >= 15 is 0 Å². The first-order chi connectivity index (χ1) is 12.0. The van der Waals surface area contributed by atoms with E-state index in [1.54, 1.807) is 24.4 Å². The van der Waals surface area contributed by atoms with E-state index in [0.29, 0.717) is 5.02 Å². The molecule has 0 spiro atoms. The summed E-state index contributed by atoms with van der Waals surface area (Å²) in [6.07, 6.45) is 1.71. The number of piperazine rings is 1. The molecule has 134 valence electrons. The molecule has 0 radical (unpaired) electrons. The molecule has 6 nitrogen and oxygen atoms in total. The van der Waals surface area contributed by atoms with Gasteiger partial charge in [-0.15, -0.1) is 0 Å². The van der Waals surface area contributed by atoms with Crippen LogP contribution in [-0.2, 0) is 10.0 Å². The molecule has 1 aromatic carbocycles. The van der Waals surface area contributed by atoms with Crippen molar-refractivity contribution in [2.75, 3.05) is 42.3 Å². The van der Waals surface area contributed by atoms with Crippen LogP contribution in [0.5, 0.6) is 0 Å². The third-order valence-electron chi connectivity index (χ3n) is 4.28. The topological polar surface area (TPSA) is 65.5 Å². The molecule has 1 aromatic heterocycles. The van der Waals surface area contributed by atoms with E-state index < -0.39 is 10.0 Å². The minimum atomic E-state index is -3.70. The van der Waals surface area contributed by atoms with E-state index in [0.717, 1.165) is 38.4 Å². The van der Waals surface area contributed by atoms with Gasteiger partial charge in [0.15, 0.2) is 0 Å². The van der Waals surface area contributed by atoms with Crippen molar-refractivity contribution in [2.45, 2.75) is 11.8 Å². The molecule has 1 aliphatic rings. The fourth-order valence-corrected chi connectivity index (χ4v) is 4.10. The normalized spacial score (nSPS) is 16.0.